The number of rotatable bonds is 5. The quantitative estimate of drug-likeness (QED) is 0.563. The van der Waals surface area contributed by atoms with Crippen molar-refractivity contribution in [2.24, 2.45) is 0 Å². The number of nitrogens with one attached hydrogen (secondary N) is 3. The van der Waals surface area contributed by atoms with Crippen LogP contribution in [0.3, 0.4) is 0 Å². The average molecular weight is 362 g/mol. The van der Waals surface area contributed by atoms with Crippen LogP contribution >= 0.6 is 11.6 Å². The fourth-order valence-electron chi connectivity index (χ4n) is 2.01. The number of carbonyl (C=O) groups is 2. The molecule has 3 N–H and O–H groups in total. The molecule has 0 bridgehead atoms. The van der Waals surface area contributed by atoms with Gasteiger partial charge in [-0.2, -0.15) is 0 Å². The van der Waals surface area contributed by atoms with Crippen LogP contribution < -0.4 is 16.2 Å². The van der Waals surface area contributed by atoms with Gasteiger partial charge in [0.1, 0.15) is 5.82 Å². The summed E-state index contributed by atoms with van der Waals surface area (Å²) in [6.45, 7) is 3.38. The molecule has 2 aromatic rings. The summed E-state index contributed by atoms with van der Waals surface area (Å²) in [6, 6.07) is 10.8. The summed E-state index contributed by atoms with van der Waals surface area (Å²) in [5.41, 5.74) is 6.52. The van der Waals surface area contributed by atoms with Gasteiger partial charge in [0.05, 0.1) is 5.56 Å². The number of hydrogen-bond acceptors (Lipinski definition) is 3. The highest BCUT2D eigenvalue weighted by atomic mass is 35.5. The van der Waals surface area contributed by atoms with E-state index in [0.29, 0.717) is 16.4 Å². The second-order valence-corrected chi connectivity index (χ2v) is 5.70. The van der Waals surface area contributed by atoms with Crippen molar-refractivity contribution in [1.82, 2.24) is 10.9 Å². The smallest absolute Gasteiger partial charge is 0.272 e. The Hall–Kier alpha value is -2.86. The van der Waals surface area contributed by atoms with E-state index < -0.39 is 17.6 Å². The number of carbonyl (C=O) groups excluding carboxylic acids is 2. The molecule has 5 nitrogen and oxygen atoms in total. The van der Waals surface area contributed by atoms with Crippen LogP contribution in [0.2, 0.25) is 5.02 Å². The molecule has 2 aromatic carbocycles. The molecule has 0 fully saturated rings. The molecule has 0 saturated carbocycles. The molecule has 0 unspecified atom stereocenters. The Morgan fingerprint density at radius 1 is 1.08 bits per heavy atom. The molecule has 0 aliphatic carbocycles. The number of hydrazine groups is 1. The number of allylic oxidation sites excluding steroid dienone is 1. The van der Waals surface area contributed by atoms with E-state index in [0.717, 1.165) is 5.56 Å². The van der Waals surface area contributed by atoms with Gasteiger partial charge in [0.2, 0.25) is 5.91 Å². The van der Waals surface area contributed by atoms with Gasteiger partial charge in [-0.1, -0.05) is 29.8 Å². The zero-order chi connectivity index (χ0) is 18.4. The minimum atomic E-state index is -0.642. The monoisotopic (exact) mass is 361 g/mol. The lowest BCUT2D eigenvalue weighted by molar-refractivity contribution is -0.112. The van der Waals surface area contributed by atoms with E-state index in [9.17, 15) is 14.0 Å². The first-order valence-corrected chi connectivity index (χ1v) is 7.81. The van der Waals surface area contributed by atoms with Gasteiger partial charge in [-0.25, -0.2) is 4.39 Å². The summed E-state index contributed by atoms with van der Waals surface area (Å²) < 4.78 is 13.5. The molecule has 0 atom stereocenters. The molecule has 0 aliphatic heterocycles. The van der Waals surface area contributed by atoms with Crippen molar-refractivity contribution >= 4 is 29.1 Å². The predicted octanol–water partition coefficient (Wildman–Crippen LogP) is 3.56. The van der Waals surface area contributed by atoms with Crippen molar-refractivity contribution in [3.8, 4) is 0 Å². The molecule has 25 heavy (non-hydrogen) atoms. The molecule has 2 amide bonds. The Balaban J connectivity index is 1.95. The van der Waals surface area contributed by atoms with E-state index in [4.69, 9.17) is 11.6 Å². The van der Waals surface area contributed by atoms with Gasteiger partial charge >= 0.3 is 0 Å². The van der Waals surface area contributed by atoms with Crippen LogP contribution in [0.1, 0.15) is 22.8 Å². The van der Waals surface area contributed by atoms with E-state index in [-0.39, 0.29) is 5.56 Å². The minimum absolute atomic E-state index is 0.0956. The van der Waals surface area contributed by atoms with Crippen molar-refractivity contribution in [2.45, 2.75) is 13.8 Å². The fraction of sp³-hybridized carbons (Fsp3) is 0.111. The third kappa shape index (κ3) is 5.06. The second-order valence-electron chi connectivity index (χ2n) is 5.29. The maximum absolute atomic E-state index is 13.5. The maximum atomic E-state index is 13.5. The minimum Gasteiger partial charge on any atom is -0.322 e. The van der Waals surface area contributed by atoms with E-state index in [1.165, 1.54) is 24.3 Å². The third-order valence-electron chi connectivity index (χ3n) is 3.36. The standard InChI is InChI=1S/C18H17ClFN3O2/c1-11(22-23-18(25)13-6-3-4-8-15(13)20)10-17(24)21-16-9-5-7-14(19)12(16)2/h3-10,22H,1-2H3,(H,21,24)(H,23,25). The first kappa shape index (κ1) is 18.5. The Bertz CT molecular complexity index is 837. The lowest BCUT2D eigenvalue weighted by Crippen LogP contribution is -2.36. The molecule has 0 radical (unpaired) electrons. The number of hydrogen-bond donors (Lipinski definition) is 3. The van der Waals surface area contributed by atoms with E-state index in [2.05, 4.69) is 16.2 Å². The number of amides is 2. The first-order chi connectivity index (χ1) is 11.9. The van der Waals surface area contributed by atoms with Crippen LogP contribution in [0.15, 0.2) is 54.2 Å². The second kappa shape index (κ2) is 8.30. The Morgan fingerprint density at radius 2 is 1.80 bits per heavy atom. The van der Waals surface area contributed by atoms with Gasteiger partial charge in [0.25, 0.3) is 5.91 Å². The van der Waals surface area contributed by atoms with Crippen molar-refractivity contribution in [3.63, 3.8) is 0 Å². The van der Waals surface area contributed by atoms with Gasteiger partial charge in [-0.15, -0.1) is 0 Å². The van der Waals surface area contributed by atoms with Gasteiger partial charge in [-0.05, 0) is 43.7 Å². The fourth-order valence-corrected chi connectivity index (χ4v) is 2.19. The summed E-state index contributed by atoms with van der Waals surface area (Å²) in [6.07, 6.45) is 1.27. The zero-order valence-electron chi connectivity index (χ0n) is 13.7. The average Bonchev–Trinajstić information content (AvgIpc) is 2.57. The maximum Gasteiger partial charge on any atom is 0.272 e. The van der Waals surface area contributed by atoms with E-state index in [1.54, 1.807) is 38.1 Å². The molecule has 0 saturated heterocycles. The van der Waals surface area contributed by atoms with E-state index >= 15 is 0 Å². The number of benzene rings is 2. The lowest BCUT2D eigenvalue weighted by Gasteiger charge is -2.10. The Morgan fingerprint density at radius 3 is 2.52 bits per heavy atom. The summed E-state index contributed by atoms with van der Waals surface area (Å²) >= 11 is 6.00. The van der Waals surface area contributed by atoms with Crippen LogP contribution in [0, 0.1) is 12.7 Å². The van der Waals surface area contributed by atoms with Crippen molar-refractivity contribution < 1.29 is 14.0 Å². The summed E-state index contributed by atoms with van der Waals surface area (Å²) in [5, 5.41) is 3.25. The third-order valence-corrected chi connectivity index (χ3v) is 3.77. The van der Waals surface area contributed by atoms with Crippen LogP contribution in [0.5, 0.6) is 0 Å². The molecule has 0 spiro atoms. The molecular weight excluding hydrogens is 345 g/mol. The Labute approximate surface area is 149 Å². The SMILES string of the molecule is CC(=CC(=O)Nc1cccc(Cl)c1C)NNC(=O)c1ccccc1F. The van der Waals surface area contributed by atoms with Crippen LogP contribution in [0.4, 0.5) is 10.1 Å². The molecule has 130 valence electrons. The highest BCUT2D eigenvalue weighted by Gasteiger charge is 2.10. The summed E-state index contributed by atoms with van der Waals surface area (Å²) in [7, 11) is 0. The van der Waals surface area contributed by atoms with Crippen LogP contribution in [0.25, 0.3) is 0 Å². The van der Waals surface area contributed by atoms with Crippen LogP contribution in [-0.2, 0) is 4.79 Å². The molecule has 0 aliphatic rings. The predicted molar refractivity (Wildman–Crippen MR) is 95.6 cm³/mol. The molecule has 2 rings (SSSR count). The van der Waals surface area contributed by atoms with Crippen molar-refractivity contribution in [3.05, 3.63) is 76.2 Å². The molecular formula is C18H17ClFN3O2. The zero-order valence-corrected chi connectivity index (χ0v) is 14.4. The topological polar surface area (TPSA) is 70.2 Å². The van der Waals surface area contributed by atoms with Gasteiger partial charge in [0.15, 0.2) is 0 Å². The lowest BCUT2D eigenvalue weighted by atomic mass is 10.2. The molecule has 0 heterocycles. The Kier molecular flexibility index (Phi) is 6.14. The summed E-state index contributed by atoms with van der Waals surface area (Å²) in [4.78, 5) is 23.9. The van der Waals surface area contributed by atoms with E-state index in [1.807, 2.05) is 0 Å². The van der Waals surface area contributed by atoms with Gasteiger partial charge in [0, 0.05) is 22.5 Å². The number of halogens is 2. The highest BCUT2D eigenvalue weighted by Crippen LogP contribution is 2.22. The largest absolute Gasteiger partial charge is 0.322 e. The van der Waals surface area contributed by atoms with Crippen molar-refractivity contribution in [2.75, 3.05) is 5.32 Å². The highest BCUT2D eigenvalue weighted by molar-refractivity contribution is 6.31. The molecule has 0 aromatic heterocycles. The van der Waals surface area contributed by atoms with Crippen LogP contribution in [-0.4, -0.2) is 11.8 Å². The summed E-state index contributed by atoms with van der Waals surface area (Å²) in [5.74, 6) is -1.66. The van der Waals surface area contributed by atoms with Crippen molar-refractivity contribution in [1.29, 1.82) is 0 Å². The first-order valence-electron chi connectivity index (χ1n) is 7.43. The number of anilines is 1. The van der Waals surface area contributed by atoms with Gasteiger partial charge < -0.3 is 10.7 Å². The van der Waals surface area contributed by atoms with Gasteiger partial charge in [-0.3, -0.25) is 15.0 Å². The normalized spacial score (nSPS) is 11.0. The molecule has 7 heteroatoms.